The van der Waals surface area contributed by atoms with E-state index in [4.69, 9.17) is 0 Å². The van der Waals surface area contributed by atoms with Crippen molar-refractivity contribution >= 4 is 22.9 Å². The Labute approximate surface area is 83.4 Å². The van der Waals surface area contributed by atoms with Gasteiger partial charge in [0, 0.05) is 34.9 Å². The molecule has 1 aliphatic carbocycles. The maximum absolute atomic E-state index is 2.38. The highest BCUT2D eigenvalue weighted by atomic mass is 127. The predicted molar refractivity (Wildman–Crippen MR) is 56.9 cm³/mol. The second kappa shape index (κ2) is 3.58. The highest BCUT2D eigenvalue weighted by Gasteiger charge is 2.39. The molecule has 0 atom stereocenters. The van der Waals surface area contributed by atoms with E-state index in [1.54, 1.807) is 0 Å². The van der Waals surface area contributed by atoms with Gasteiger partial charge in [0.2, 0.25) is 0 Å². The molecule has 0 aromatic rings. The summed E-state index contributed by atoms with van der Waals surface area (Å²) in [6, 6.07) is 0. The topological polar surface area (TPSA) is 6.48 Å². The summed E-state index contributed by atoms with van der Waals surface area (Å²) >= 11 is 2.36. The van der Waals surface area contributed by atoms with Crippen LogP contribution in [0.4, 0.5) is 0 Å². The van der Waals surface area contributed by atoms with Crippen molar-refractivity contribution in [2.24, 2.45) is 0 Å². The second-order valence-corrected chi connectivity index (χ2v) is 5.38. The molecular weight excluding hydrogens is 251 g/mol. The van der Waals surface area contributed by atoms with E-state index in [9.17, 15) is 0 Å². The minimum absolute atomic E-state index is 0.496. The lowest BCUT2D eigenvalue weighted by molar-refractivity contribution is 0.0504. The van der Waals surface area contributed by atoms with Crippen molar-refractivity contribution in [2.75, 3.05) is 27.7 Å². The molecule has 0 spiro atoms. The summed E-state index contributed by atoms with van der Waals surface area (Å²) in [4.78, 5) is 2.38. The van der Waals surface area contributed by atoms with Crippen molar-refractivity contribution in [1.82, 2.24) is 8.01 Å². The first-order valence-corrected chi connectivity index (χ1v) is 5.08. The van der Waals surface area contributed by atoms with Gasteiger partial charge in [-0.3, -0.25) is 0 Å². The van der Waals surface area contributed by atoms with Crippen LogP contribution in [0.2, 0.25) is 0 Å². The summed E-state index contributed by atoms with van der Waals surface area (Å²) in [7, 11) is 6.53. The molecule has 1 aliphatic rings. The molecule has 1 fully saturated rings. The molecule has 0 N–H and O–H groups in total. The van der Waals surface area contributed by atoms with Gasteiger partial charge >= 0.3 is 0 Å². The molecule has 1 rings (SSSR count). The normalized spacial score (nSPS) is 22.4. The standard InChI is InChI=1S/C8H17IN2/c1-10(2)8(5-4-6-8)7-11(3)9/h4-7H2,1-3H3. The molecule has 0 amide bonds. The Morgan fingerprint density at radius 1 is 1.27 bits per heavy atom. The summed E-state index contributed by atoms with van der Waals surface area (Å²) in [6.45, 7) is 1.19. The highest BCUT2D eigenvalue weighted by molar-refractivity contribution is 14.1. The van der Waals surface area contributed by atoms with Crippen molar-refractivity contribution in [2.45, 2.75) is 24.8 Å². The van der Waals surface area contributed by atoms with Gasteiger partial charge in [-0.15, -0.1) is 0 Å². The molecule has 0 heterocycles. The quantitative estimate of drug-likeness (QED) is 0.568. The molecule has 0 aliphatic heterocycles. The zero-order valence-corrected chi connectivity index (χ0v) is 9.76. The van der Waals surface area contributed by atoms with E-state index < -0.39 is 0 Å². The maximum Gasteiger partial charge on any atom is 0.0338 e. The number of hydrogen-bond donors (Lipinski definition) is 0. The van der Waals surface area contributed by atoms with Gasteiger partial charge in [0.05, 0.1) is 0 Å². The average Bonchev–Trinajstić information content (AvgIpc) is 1.77. The molecule has 0 unspecified atom stereocenters. The molecule has 0 bridgehead atoms. The Kier molecular flexibility index (Phi) is 3.17. The van der Waals surface area contributed by atoms with E-state index in [2.05, 4.69) is 52.0 Å². The molecular formula is C8H17IN2. The van der Waals surface area contributed by atoms with Gasteiger partial charge in [0.15, 0.2) is 0 Å². The maximum atomic E-state index is 2.38. The predicted octanol–water partition coefficient (Wildman–Crippen LogP) is 1.75. The van der Waals surface area contributed by atoms with Crippen LogP contribution in [0.15, 0.2) is 0 Å². The van der Waals surface area contributed by atoms with Crippen LogP contribution in [-0.4, -0.2) is 41.2 Å². The summed E-state index contributed by atoms with van der Waals surface area (Å²) in [5.41, 5.74) is 0.496. The molecule has 0 saturated heterocycles. The highest BCUT2D eigenvalue weighted by Crippen LogP contribution is 2.36. The lowest BCUT2D eigenvalue weighted by Crippen LogP contribution is -2.55. The largest absolute Gasteiger partial charge is 0.302 e. The van der Waals surface area contributed by atoms with Gasteiger partial charge in [-0.2, -0.15) is 0 Å². The van der Waals surface area contributed by atoms with Crippen LogP contribution in [0.3, 0.4) is 0 Å². The van der Waals surface area contributed by atoms with Crippen molar-refractivity contribution in [3.63, 3.8) is 0 Å². The zero-order valence-electron chi connectivity index (χ0n) is 7.60. The molecule has 3 heteroatoms. The number of halogens is 1. The first kappa shape index (κ1) is 9.74. The number of rotatable bonds is 3. The smallest absolute Gasteiger partial charge is 0.0338 e. The summed E-state index contributed by atoms with van der Waals surface area (Å²) in [6.07, 6.45) is 4.14. The van der Waals surface area contributed by atoms with E-state index in [1.165, 1.54) is 25.8 Å². The minimum atomic E-state index is 0.496. The lowest BCUT2D eigenvalue weighted by Gasteiger charge is -2.48. The molecule has 1 saturated carbocycles. The van der Waals surface area contributed by atoms with E-state index >= 15 is 0 Å². The summed E-state index contributed by atoms with van der Waals surface area (Å²) in [5.74, 6) is 0. The van der Waals surface area contributed by atoms with Crippen molar-refractivity contribution in [3.8, 4) is 0 Å². The Morgan fingerprint density at radius 2 is 1.82 bits per heavy atom. The number of hydrogen-bond acceptors (Lipinski definition) is 2. The van der Waals surface area contributed by atoms with Crippen molar-refractivity contribution in [1.29, 1.82) is 0 Å². The van der Waals surface area contributed by atoms with E-state index in [0.717, 1.165) is 0 Å². The molecule has 66 valence electrons. The first-order valence-electron chi connectivity index (χ1n) is 4.11. The first-order chi connectivity index (χ1) is 5.07. The minimum Gasteiger partial charge on any atom is -0.302 e. The monoisotopic (exact) mass is 268 g/mol. The van der Waals surface area contributed by atoms with E-state index in [0.29, 0.717) is 5.54 Å². The summed E-state index contributed by atoms with van der Waals surface area (Å²) in [5, 5.41) is 0. The zero-order chi connectivity index (χ0) is 8.48. The molecule has 0 aromatic carbocycles. The summed E-state index contributed by atoms with van der Waals surface area (Å²) < 4.78 is 2.26. The fourth-order valence-electron chi connectivity index (χ4n) is 1.74. The van der Waals surface area contributed by atoms with Gasteiger partial charge in [0.25, 0.3) is 0 Å². The molecule has 2 nitrogen and oxygen atoms in total. The second-order valence-electron chi connectivity index (χ2n) is 3.74. The SMILES string of the molecule is CN(I)CC1(N(C)C)CCC1. The van der Waals surface area contributed by atoms with Gasteiger partial charge < -0.3 is 4.90 Å². The Balaban J connectivity index is 2.47. The van der Waals surface area contributed by atoms with Crippen LogP contribution in [0.1, 0.15) is 19.3 Å². The van der Waals surface area contributed by atoms with Crippen LogP contribution in [0, 0.1) is 0 Å². The molecule has 11 heavy (non-hydrogen) atoms. The van der Waals surface area contributed by atoms with Gasteiger partial charge in [-0.05, 0) is 40.4 Å². The Hall–Kier alpha value is 0.650. The van der Waals surface area contributed by atoms with Crippen LogP contribution in [0.5, 0.6) is 0 Å². The van der Waals surface area contributed by atoms with Gasteiger partial charge in [-0.25, -0.2) is 3.11 Å². The number of likely N-dealkylation sites (N-methyl/N-ethyl adjacent to an activating group) is 2. The molecule has 0 radical (unpaired) electrons. The van der Waals surface area contributed by atoms with E-state index in [-0.39, 0.29) is 0 Å². The van der Waals surface area contributed by atoms with Crippen LogP contribution in [-0.2, 0) is 0 Å². The van der Waals surface area contributed by atoms with Crippen LogP contribution < -0.4 is 0 Å². The van der Waals surface area contributed by atoms with Crippen LogP contribution >= 0.6 is 22.9 Å². The van der Waals surface area contributed by atoms with Crippen molar-refractivity contribution in [3.05, 3.63) is 0 Å². The Morgan fingerprint density at radius 3 is 1.91 bits per heavy atom. The number of nitrogens with zero attached hydrogens (tertiary/aromatic N) is 2. The van der Waals surface area contributed by atoms with Crippen LogP contribution in [0.25, 0.3) is 0 Å². The van der Waals surface area contributed by atoms with E-state index in [1.807, 2.05) is 0 Å². The van der Waals surface area contributed by atoms with Gasteiger partial charge in [0.1, 0.15) is 0 Å². The average molecular weight is 268 g/mol. The molecule has 0 aromatic heterocycles. The fourth-order valence-corrected chi connectivity index (χ4v) is 2.37. The van der Waals surface area contributed by atoms with Crippen molar-refractivity contribution < 1.29 is 0 Å². The van der Waals surface area contributed by atoms with Gasteiger partial charge in [-0.1, -0.05) is 0 Å². The third-order valence-electron chi connectivity index (χ3n) is 2.75. The fraction of sp³-hybridized carbons (Fsp3) is 1.00. The Bertz CT molecular complexity index is 130. The lowest BCUT2D eigenvalue weighted by atomic mass is 9.76. The third-order valence-corrected chi connectivity index (χ3v) is 3.09. The third kappa shape index (κ3) is 2.06.